The van der Waals surface area contributed by atoms with Crippen LogP contribution in [0.4, 0.5) is 24.8 Å². The number of anilines is 2. The van der Waals surface area contributed by atoms with Crippen LogP contribution in [0, 0.1) is 0 Å². The number of nitrogens with one attached hydrogen (secondary N) is 1. The lowest BCUT2D eigenvalue weighted by atomic mass is 10.2. The average molecular weight is 351 g/mol. The molecular formula is C16H10ClF3N4. The number of aromatic nitrogens is 3. The Bertz CT molecular complexity index is 868. The SMILES string of the molecule is FC(F)(F)c1cccc(Nc2nccc(-c3ccnc(Cl)c3)n2)c1. The van der Waals surface area contributed by atoms with Gasteiger partial charge in [0.25, 0.3) is 0 Å². The molecule has 3 rings (SSSR count). The fraction of sp³-hybridized carbons (Fsp3) is 0.0625. The lowest BCUT2D eigenvalue weighted by Gasteiger charge is -2.10. The number of pyridine rings is 1. The molecule has 8 heteroatoms. The van der Waals surface area contributed by atoms with Crippen LogP contribution in [0.5, 0.6) is 0 Å². The van der Waals surface area contributed by atoms with Crippen molar-refractivity contribution in [2.24, 2.45) is 0 Å². The van der Waals surface area contributed by atoms with Crippen LogP contribution in [0.3, 0.4) is 0 Å². The van der Waals surface area contributed by atoms with E-state index in [-0.39, 0.29) is 11.6 Å². The first kappa shape index (κ1) is 16.2. The van der Waals surface area contributed by atoms with Gasteiger partial charge in [0, 0.05) is 23.6 Å². The maximum atomic E-state index is 12.8. The zero-order valence-electron chi connectivity index (χ0n) is 12.0. The predicted octanol–water partition coefficient (Wildman–Crippen LogP) is 4.95. The van der Waals surface area contributed by atoms with Crippen molar-refractivity contribution in [2.75, 3.05) is 5.32 Å². The molecule has 3 aromatic rings. The predicted molar refractivity (Wildman–Crippen MR) is 85.0 cm³/mol. The zero-order chi connectivity index (χ0) is 17.2. The van der Waals surface area contributed by atoms with Crippen molar-refractivity contribution < 1.29 is 13.2 Å². The highest BCUT2D eigenvalue weighted by Crippen LogP contribution is 2.31. The normalized spacial score (nSPS) is 11.3. The zero-order valence-corrected chi connectivity index (χ0v) is 12.8. The van der Waals surface area contributed by atoms with E-state index in [9.17, 15) is 13.2 Å². The summed E-state index contributed by atoms with van der Waals surface area (Å²) in [6.07, 6.45) is -1.36. The van der Waals surface area contributed by atoms with Crippen LogP contribution in [0.2, 0.25) is 5.15 Å². The lowest BCUT2D eigenvalue weighted by Crippen LogP contribution is -2.05. The van der Waals surface area contributed by atoms with Crippen molar-refractivity contribution >= 4 is 23.2 Å². The highest BCUT2D eigenvalue weighted by atomic mass is 35.5. The second-order valence-electron chi connectivity index (χ2n) is 4.84. The molecule has 1 N–H and O–H groups in total. The standard InChI is InChI=1S/C16H10ClF3N4/c17-14-8-10(4-6-21-14)13-5-7-22-15(24-13)23-12-3-1-2-11(9-12)16(18,19)20/h1-9H,(H,22,23,24). The second kappa shape index (κ2) is 6.45. The summed E-state index contributed by atoms with van der Waals surface area (Å²) in [6, 6.07) is 9.86. The minimum absolute atomic E-state index is 0.180. The molecule has 0 spiro atoms. The topological polar surface area (TPSA) is 50.7 Å². The number of hydrogen-bond acceptors (Lipinski definition) is 4. The monoisotopic (exact) mass is 350 g/mol. The van der Waals surface area contributed by atoms with E-state index in [1.54, 1.807) is 24.4 Å². The lowest BCUT2D eigenvalue weighted by molar-refractivity contribution is -0.137. The van der Waals surface area contributed by atoms with Crippen LogP contribution in [-0.4, -0.2) is 15.0 Å². The van der Waals surface area contributed by atoms with Crippen molar-refractivity contribution in [3.05, 3.63) is 65.6 Å². The summed E-state index contributed by atoms with van der Waals surface area (Å²) in [4.78, 5) is 12.2. The number of alkyl halides is 3. The van der Waals surface area contributed by atoms with Gasteiger partial charge in [0.05, 0.1) is 11.3 Å². The molecule has 4 nitrogen and oxygen atoms in total. The molecule has 0 atom stereocenters. The van der Waals surface area contributed by atoms with Gasteiger partial charge < -0.3 is 5.32 Å². The van der Waals surface area contributed by atoms with Gasteiger partial charge >= 0.3 is 6.18 Å². The van der Waals surface area contributed by atoms with E-state index in [2.05, 4.69) is 20.3 Å². The van der Waals surface area contributed by atoms with Gasteiger partial charge in [0.2, 0.25) is 5.95 Å². The molecule has 0 unspecified atom stereocenters. The molecule has 0 aliphatic heterocycles. The molecule has 1 aromatic carbocycles. The second-order valence-corrected chi connectivity index (χ2v) is 5.22. The molecule has 0 bridgehead atoms. The summed E-state index contributed by atoms with van der Waals surface area (Å²) in [6.45, 7) is 0. The minimum atomic E-state index is -4.41. The Hall–Kier alpha value is -2.67. The largest absolute Gasteiger partial charge is 0.416 e. The van der Waals surface area contributed by atoms with Crippen LogP contribution < -0.4 is 5.32 Å². The van der Waals surface area contributed by atoms with E-state index >= 15 is 0 Å². The molecule has 0 saturated carbocycles. The summed E-state index contributed by atoms with van der Waals surface area (Å²) in [5.74, 6) is 0.180. The van der Waals surface area contributed by atoms with Gasteiger partial charge in [0.15, 0.2) is 0 Å². The molecule has 0 aliphatic rings. The van der Waals surface area contributed by atoms with Crippen molar-refractivity contribution in [2.45, 2.75) is 6.18 Å². The maximum absolute atomic E-state index is 12.8. The Labute approximate surface area is 140 Å². The molecule has 0 aliphatic carbocycles. The smallest absolute Gasteiger partial charge is 0.324 e. The Morgan fingerprint density at radius 2 is 1.75 bits per heavy atom. The molecule has 0 amide bonds. The van der Waals surface area contributed by atoms with Crippen LogP contribution >= 0.6 is 11.6 Å². The first-order chi connectivity index (χ1) is 11.4. The minimum Gasteiger partial charge on any atom is -0.324 e. The van der Waals surface area contributed by atoms with Crippen LogP contribution in [0.15, 0.2) is 54.9 Å². The van der Waals surface area contributed by atoms with Crippen molar-refractivity contribution in [3.63, 3.8) is 0 Å². The van der Waals surface area contributed by atoms with Gasteiger partial charge in [-0.3, -0.25) is 0 Å². The molecule has 2 heterocycles. The molecule has 2 aromatic heterocycles. The number of halogens is 4. The molecule has 24 heavy (non-hydrogen) atoms. The quantitative estimate of drug-likeness (QED) is 0.679. The third kappa shape index (κ3) is 3.80. The Morgan fingerprint density at radius 3 is 2.50 bits per heavy atom. The molecular weight excluding hydrogens is 341 g/mol. The van der Waals surface area contributed by atoms with Crippen molar-refractivity contribution in [3.8, 4) is 11.3 Å². The summed E-state index contributed by atoms with van der Waals surface area (Å²) in [5.41, 5.74) is 0.799. The highest BCUT2D eigenvalue weighted by Gasteiger charge is 2.30. The maximum Gasteiger partial charge on any atom is 0.416 e. The van der Waals surface area contributed by atoms with Crippen molar-refractivity contribution in [1.29, 1.82) is 0 Å². The molecule has 0 saturated heterocycles. The Balaban J connectivity index is 1.88. The summed E-state index contributed by atoms with van der Waals surface area (Å²) in [7, 11) is 0. The fourth-order valence-electron chi connectivity index (χ4n) is 2.04. The molecule has 0 fully saturated rings. The highest BCUT2D eigenvalue weighted by molar-refractivity contribution is 6.29. The molecule has 122 valence electrons. The molecule has 0 radical (unpaired) electrons. The van der Waals surface area contributed by atoms with E-state index in [1.165, 1.54) is 18.3 Å². The van der Waals surface area contributed by atoms with E-state index in [0.29, 0.717) is 10.8 Å². The third-order valence-corrected chi connectivity index (χ3v) is 3.33. The first-order valence-corrected chi connectivity index (χ1v) is 7.19. The van der Waals surface area contributed by atoms with Gasteiger partial charge in [-0.2, -0.15) is 13.2 Å². The van der Waals surface area contributed by atoms with Gasteiger partial charge in [-0.25, -0.2) is 15.0 Å². The summed E-state index contributed by atoms with van der Waals surface area (Å²) >= 11 is 5.85. The van der Waals surface area contributed by atoms with E-state index in [4.69, 9.17) is 11.6 Å². The number of benzene rings is 1. The Morgan fingerprint density at radius 1 is 0.958 bits per heavy atom. The summed E-state index contributed by atoms with van der Waals surface area (Å²) < 4.78 is 38.3. The van der Waals surface area contributed by atoms with Crippen LogP contribution in [-0.2, 0) is 6.18 Å². The van der Waals surface area contributed by atoms with E-state index in [1.807, 2.05) is 0 Å². The fourth-order valence-corrected chi connectivity index (χ4v) is 2.22. The number of nitrogens with zero attached hydrogens (tertiary/aromatic N) is 3. The Kier molecular flexibility index (Phi) is 4.35. The summed E-state index contributed by atoms with van der Waals surface area (Å²) in [5, 5.41) is 3.09. The van der Waals surface area contributed by atoms with Crippen molar-refractivity contribution in [1.82, 2.24) is 15.0 Å². The van der Waals surface area contributed by atoms with Gasteiger partial charge in [-0.1, -0.05) is 17.7 Å². The van der Waals surface area contributed by atoms with Crippen LogP contribution in [0.25, 0.3) is 11.3 Å². The van der Waals surface area contributed by atoms with E-state index < -0.39 is 11.7 Å². The number of hydrogen-bond donors (Lipinski definition) is 1. The van der Waals surface area contributed by atoms with Gasteiger partial charge in [0.1, 0.15) is 5.15 Å². The van der Waals surface area contributed by atoms with E-state index in [0.717, 1.165) is 17.7 Å². The third-order valence-electron chi connectivity index (χ3n) is 3.12. The van der Waals surface area contributed by atoms with Gasteiger partial charge in [-0.05, 0) is 36.4 Å². The van der Waals surface area contributed by atoms with Crippen LogP contribution in [0.1, 0.15) is 5.56 Å². The number of rotatable bonds is 3. The average Bonchev–Trinajstić information content (AvgIpc) is 2.55. The first-order valence-electron chi connectivity index (χ1n) is 6.81. The van der Waals surface area contributed by atoms with Gasteiger partial charge in [-0.15, -0.1) is 0 Å².